The van der Waals surface area contributed by atoms with Crippen LogP contribution in [0.5, 0.6) is 5.88 Å². The van der Waals surface area contributed by atoms with Crippen molar-refractivity contribution >= 4 is 52.1 Å². The molecule has 1 aromatic heterocycles. The fourth-order valence-corrected chi connectivity index (χ4v) is 4.23. The van der Waals surface area contributed by atoms with E-state index in [-0.39, 0.29) is 24.1 Å². The van der Waals surface area contributed by atoms with Crippen LogP contribution in [0.15, 0.2) is 48.7 Å². The minimum absolute atomic E-state index is 0.0556. The van der Waals surface area contributed by atoms with Gasteiger partial charge < -0.3 is 19.7 Å². The van der Waals surface area contributed by atoms with Crippen molar-refractivity contribution < 1.29 is 14.3 Å². The normalized spacial score (nSPS) is 15.9. The molecule has 1 fully saturated rings. The molecule has 5 rings (SSSR count). The minimum Gasteiger partial charge on any atom is -0.455 e. The molecule has 1 saturated heterocycles. The van der Waals surface area contributed by atoms with Crippen LogP contribution in [0, 0.1) is 0 Å². The second-order valence-corrected chi connectivity index (χ2v) is 8.08. The minimum atomic E-state index is -0.331. The number of rotatable bonds is 4. The molecule has 3 aromatic rings. The molecule has 0 radical (unpaired) electrons. The predicted octanol–water partition coefficient (Wildman–Crippen LogP) is 4.36. The Labute approximate surface area is 194 Å². The maximum absolute atomic E-state index is 13.0. The van der Waals surface area contributed by atoms with E-state index in [2.05, 4.69) is 20.2 Å². The highest BCUT2D eigenvalue weighted by Gasteiger charge is 2.31. The zero-order chi connectivity index (χ0) is 22.1. The van der Waals surface area contributed by atoms with Gasteiger partial charge in [-0.25, -0.2) is 4.98 Å². The lowest BCUT2D eigenvalue weighted by Crippen LogP contribution is -2.39. The average Bonchev–Trinajstić information content (AvgIpc) is 2.81. The van der Waals surface area contributed by atoms with Gasteiger partial charge in [-0.1, -0.05) is 29.3 Å². The predicted molar refractivity (Wildman–Crippen MR) is 124 cm³/mol. The van der Waals surface area contributed by atoms with E-state index >= 15 is 0 Å². The number of amides is 1. The molecule has 0 aliphatic carbocycles. The van der Waals surface area contributed by atoms with Gasteiger partial charge in [0.25, 0.3) is 5.91 Å². The van der Waals surface area contributed by atoms with E-state index in [1.807, 2.05) is 24.3 Å². The van der Waals surface area contributed by atoms with Crippen molar-refractivity contribution in [2.45, 2.75) is 0 Å². The van der Waals surface area contributed by atoms with Gasteiger partial charge in [0, 0.05) is 30.7 Å². The number of anilines is 4. The van der Waals surface area contributed by atoms with Crippen LogP contribution >= 0.6 is 23.2 Å². The summed E-state index contributed by atoms with van der Waals surface area (Å²) in [6.45, 7) is 3.18. The van der Waals surface area contributed by atoms with E-state index in [1.165, 1.54) is 11.1 Å². The molecular formula is C22H19Cl2N5O3. The summed E-state index contributed by atoms with van der Waals surface area (Å²) in [5, 5.41) is 3.87. The number of carbonyl (C=O) groups is 1. The maximum atomic E-state index is 13.0. The summed E-state index contributed by atoms with van der Waals surface area (Å²) < 4.78 is 11.1. The topological polar surface area (TPSA) is 79.8 Å². The third-order valence-electron chi connectivity index (χ3n) is 5.27. The molecule has 0 unspecified atom stereocenters. The second kappa shape index (κ2) is 8.82. The van der Waals surface area contributed by atoms with Crippen LogP contribution in [-0.2, 0) is 4.74 Å². The molecule has 164 valence electrons. The number of benzene rings is 2. The van der Waals surface area contributed by atoms with E-state index in [0.717, 1.165) is 37.7 Å². The number of aromatic nitrogens is 2. The van der Waals surface area contributed by atoms with Crippen LogP contribution in [-0.4, -0.2) is 48.9 Å². The summed E-state index contributed by atoms with van der Waals surface area (Å²) in [6, 6.07) is 13.0. The Kier molecular flexibility index (Phi) is 5.73. The van der Waals surface area contributed by atoms with Gasteiger partial charge in [-0.2, -0.15) is 4.98 Å². The lowest BCUT2D eigenvalue weighted by atomic mass is 10.2. The zero-order valence-electron chi connectivity index (χ0n) is 16.9. The number of hydrogen-bond acceptors (Lipinski definition) is 7. The number of fused-ring (bicyclic) bond motifs is 1. The Balaban J connectivity index is 1.32. The van der Waals surface area contributed by atoms with Crippen LogP contribution in [0.3, 0.4) is 0 Å². The number of morpholine rings is 1. The molecule has 0 spiro atoms. The van der Waals surface area contributed by atoms with Crippen LogP contribution in [0.1, 0.15) is 10.4 Å². The number of nitrogens with one attached hydrogen (secondary N) is 1. The third-order valence-corrected chi connectivity index (χ3v) is 5.88. The highest BCUT2D eigenvalue weighted by atomic mass is 35.5. The van der Waals surface area contributed by atoms with Crippen molar-refractivity contribution in [3.63, 3.8) is 0 Å². The van der Waals surface area contributed by atoms with Crippen molar-refractivity contribution in [2.75, 3.05) is 48.2 Å². The summed E-state index contributed by atoms with van der Waals surface area (Å²) >= 11 is 12.5. The lowest BCUT2D eigenvalue weighted by Gasteiger charge is -2.29. The van der Waals surface area contributed by atoms with Crippen LogP contribution in [0.25, 0.3) is 0 Å². The van der Waals surface area contributed by atoms with Gasteiger partial charge in [-0.3, -0.25) is 9.69 Å². The first-order chi connectivity index (χ1) is 15.6. The van der Waals surface area contributed by atoms with Gasteiger partial charge in [0.1, 0.15) is 5.56 Å². The molecule has 10 heteroatoms. The average molecular weight is 472 g/mol. The third kappa shape index (κ3) is 4.04. The Morgan fingerprint density at radius 1 is 1.00 bits per heavy atom. The van der Waals surface area contributed by atoms with Crippen LogP contribution in [0.2, 0.25) is 10.0 Å². The largest absolute Gasteiger partial charge is 0.455 e. The van der Waals surface area contributed by atoms with Gasteiger partial charge in [0.05, 0.1) is 28.9 Å². The molecule has 2 aliphatic rings. The number of halogens is 2. The van der Waals surface area contributed by atoms with E-state index in [9.17, 15) is 4.79 Å². The molecule has 32 heavy (non-hydrogen) atoms. The fraction of sp³-hybridized carbons (Fsp3) is 0.227. The van der Waals surface area contributed by atoms with Gasteiger partial charge in [-0.05, 0) is 36.4 Å². The maximum Gasteiger partial charge on any atom is 0.268 e. The molecule has 2 aliphatic heterocycles. The van der Waals surface area contributed by atoms with Crippen molar-refractivity contribution in [1.82, 2.24) is 9.97 Å². The monoisotopic (exact) mass is 471 g/mol. The molecule has 0 bridgehead atoms. The Morgan fingerprint density at radius 3 is 2.44 bits per heavy atom. The summed E-state index contributed by atoms with van der Waals surface area (Å²) in [4.78, 5) is 25.3. The van der Waals surface area contributed by atoms with Gasteiger partial charge in [-0.15, -0.1) is 0 Å². The van der Waals surface area contributed by atoms with Gasteiger partial charge in [0.15, 0.2) is 6.73 Å². The number of para-hydroxylation sites is 1. The molecule has 0 atom stereocenters. The van der Waals surface area contributed by atoms with Crippen LogP contribution < -0.4 is 19.9 Å². The first-order valence-corrected chi connectivity index (χ1v) is 10.8. The first kappa shape index (κ1) is 20.8. The van der Waals surface area contributed by atoms with Crippen molar-refractivity contribution in [2.24, 2.45) is 0 Å². The standard InChI is InChI=1S/C22H19Cl2N5O3/c23-17-2-1-3-18(24)19(17)29-13-32-20-16(21(29)30)12-25-22(27-20)26-14-4-6-15(7-5-14)28-8-10-31-11-9-28/h1-7,12H,8-11,13H2,(H,25,26,27). The molecule has 1 N–H and O–H groups in total. The molecule has 1 amide bonds. The highest BCUT2D eigenvalue weighted by Crippen LogP contribution is 2.37. The molecule has 3 heterocycles. The SMILES string of the molecule is O=C1c2cnc(Nc3ccc(N4CCOCC4)cc3)nc2OCN1c1c(Cl)cccc1Cl. The lowest BCUT2D eigenvalue weighted by molar-refractivity contribution is 0.0932. The summed E-state index contributed by atoms with van der Waals surface area (Å²) in [5.74, 6) is 0.208. The highest BCUT2D eigenvalue weighted by molar-refractivity contribution is 6.40. The Hall–Kier alpha value is -3.07. The van der Waals surface area contributed by atoms with Crippen molar-refractivity contribution in [1.29, 1.82) is 0 Å². The van der Waals surface area contributed by atoms with E-state index < -0.39 is 0 Å². The smallest absolute Gasteiger partial charge is 0.268 e. The first-order valence-electron chi connectivity index (χ1n) is 10.1. The van der Waals surface area contributed by atoms with Crippen molar-refractivity contribution in [3.8, 4) is 5.88 Å². The van der Waals surface area contributed by atoms with Gasteiger partial charge in [0.2, 0.25) is 11.8 Å². The summed E-state index contributed by atoms with van der Waals surface area (Å²) in [5.41, 5.74) is 2.60. The van der Waals surface area contributed by atoms with E-state index in [1.54, 1.807) is 18.2 Å². The number of ether oxygens (including phenoxy) is 2. The summed E-state index contributed by atoms with van der Waals surface area (Å²) in [6.07, 6.45) is 1.44. The molecule has 0 saturated carbocycles. The molecule has 2 aromatic carbocycles. The Bertz CT molecular complexity index is 1130. The van der Waals surface area contributed by atoms with E-state index in [0.29, 0.717) is 21.7 Å². The fourth-order valence-electron chi connectivity index (χ4n) is 3.63. The molecule has 8 nitrogen and oxygen atoms in total. The number of nitrogens with zero attached hydrogens (tertiary/aromatic N) is 4. The van der Waals surface area contributed by atoms with E-state index in [4.69, 9.17) is 32.7 Å². The summed E-state index contributed by atoms with van der Waals surface area (Å²) in [7, 11) is 0. The van der Waals surface area contributed by atoms with Crippen molar-refractivity contribution in [3.05, 3.63) is 64.3 Å². The van der Waals surface area contributed by atoms with Gasteiger partial charge >= 0.3 is 0 Å². The van der Waals surface area contributed by atoms with Crippen LogP contribution in [0.4, 0.5) is 23.0 Å². The quantitative estimate of drug-likeness (QED) is 0.605. The number of carbonyl (C=O) groups excluding carboxylic acids is 1. The number of hydrogen-bond donors (Lipinski definition) is 1. The molecular weight excluding hydrogens is 453 g/mol. The second-order valence-electron chi connectivity index (χ2n) is 7.26. The Morgan fingerprint density at radius 2 is 1.72 bits per heavy atom. The zero-order valence-corrected chi connectivity index (χ0v) is 18.4.